The van der Waals surface area contributed by atoms with E-state index in [0.717, 1.165) is 27.0 Å². The summed E-state index contributed by atoms with van der Waals surface area (Å²) < 4.78 is 0. The van der Waals surface area contributed by atoms with Crippen LogP contribution in [-0.2, 0) is 6.42 Å². The number of carbonyl (C=O) groups excluding carboxylic acids is 1. The normalized spacial score (nSPS) is 11.1. The first-order valence-corrected chi connectivity index (χ1v) is 9.99. The SMILES string of the molecule is CC(C)c1nc(CCNC(=O)c2csc(-c3cccs3)n2)cs1. The first-order chi connectivity index (χ1) is 11.1. The van der Waals surface area contributed by atoms with E-state index < -0.39 is 0 Å². The molecular formula is C16H17N3OS3. The summed E-state index contributed by atoms with van der Waals surface area (Å²) in [5.41, 5.74) is 1.52. The Bertz CT molecular complexity index is 774. The Kier molecular flexibility index (Phi) is 5.20. The summed E-state index contributed by atoms with van der Waals surface area (Å²) in [5.74, 6) is 0.331. The van der Waals surface area contributed by atoms with Gasteiger partial charge in [-0.3, -0.25) is 4.79 Å². The molecule has 0 saturated carbocycles. The van der Waals surface area contributed by atoms with Crippen molar-refractivity contribution in [2.75, 3.05) is 6.54 Å². The average molecular weight is 364 g/mol. The molecule has 0 spiro atoms. The van der Waals surface area contributed by atoms with Gasteiger partial charge in [0.25, 0.3) is 5.91 Å². The second-order valence-corrected chi connectivity index (χ2v) is 8.05. The van der Waals surface area contributed by atoms with E-state index in [-0.39, 0.29) is 5.91 Å². The maximum absolute atomic E-state index is 12.1. The zero-order valence-corrected chi connectivity index (χ0v) is 15.4. The predicted molar refractivity (Wildman–Crippen MR) is 97.7 cm³/mol. The number of amides is 1. The topological polar surface area (TPSA) is 54.9 Å². The summed E-state index contributed by atoms with van der Waals surface area (Å²) in [6.07, 6.45) is 0.747. The van der Waals surface area contributed by atoms with E-state index in [1.807, 2.05) is 22.9 Å². The molecule has 1 amide bonds. The van der Waals surface area contributed by atoms with Gasteiger partial charge in [0.1, 0.15) is 10.7 Å². The van der Waals surface area contributed by atoms with Gasteiger partial charge in [-0.2, -0.15) is 0 Å². The van der Waals surface area contributed by atoms with Crippen LogP contribution in [0.2, 0.25) is 0 Å². The molecule has 7 heteroatoms. The summed E-state index contributed by atoms with van der Waals surface area (Å²) in [6.45, 7) is 4.85. The lowest BCUT2D eigenvalue weighted by molar-refractivity contribution is 0.0950. The summed E-state index contributed by atoms with van der Waals surface area (Å²) >= 11 is 4.81. The number of carbonyl (C=O) groups is 1. The van der Waals surface area contributed by atoms with E-state index in [1.165, 1.54) is 11.3 Å². The molecule has 0 aliphatic rings. The van der Waals surface area contributed by atoms with Gasteiger partial charge in [-0.1, -0.05) is 19.9 Å². The molecule has 0 saturated heterocycles. The Morgan fingerprint density at radius 3 is 2.78 bits per heavy atom. The fourth-order valence-corrected chi connectivity index (χ4v) is 4.47. The number of hydrogen-bond donors (Lipinski definition) is 1. The molecule has 1 N–H and O–H groups in total. The minimum Gasteiger partial charge on any atom is -0.350 e. The third-order valence-electron chi connectivity index (χ3n) is 3.20. The van der Waals surface area contributed by atoms with E-state index in [1.54, 1.807) is 22.7 Å². The van der Waals surface area contributed by atoms with E-state index in [2.05, 4.69) is 34.5 Å². The van der Waals surface area contributed by atoms with Crippen LogP contribution in [0.5, 0.6) is 0 Å². The molecule has 0 aliphatic heterocycles. The molecule has 3 aromatic rings. The van der Waals surface area contributed by atoms with Gasteiger partial charge in [-0.25, -0.2) is 9.97 Å². The number of aromatic nitrogens is 2. The Balaban J connectivity index is 1.53. The molecule has 0 fully saturated rings. The van der Waals surface area contributed by atoms with Crippen molar-refractivity contribution in [3.63, 3.8) is 0 Å². The molecule has 3 rings (SSSR count). The van der Waals surface area contributed by atoms with Gasteiger partial charge in [-0.15, -0.1) is 34.0 Å². The lowest BCUT2D eigenvalue weighted by Gasteiger charge is -2.01. The molecule has 3 heterocycles. The molecular weight excluding hydrogens is 346 g/mol. The van der Waals surface area contributed by atoms with E-state index in [0.29, 0.717) is 18.2 Å². The highest BCUT2D eigenvalue weighted by Crippen LogP contribution is 2.27. The van der Waals surface area contributed by atoms with Gasteiger partial charge in [0, 0.05) is 29.6 Å². The minimum absolute atomic E-state index is 0.122. The smallest absolute Gasteiger partial charge is 0.270 e. The van der Waals surface area contributed by atoms with E-state index in [9.17, 15) is 4.79 Å². The van der Waals surface area contributed by atoms with Crippen molar-refractivity contribution in [1.82, 2.24) is 15.3 Å². The number of nitrogens with zero attached hydrogens (tertiary/aromatic N) is 2. The van der Waals surface area contributed by atoms with Crippen LogP contribution in [0.4, 0.5) is 0 Å². The van der Waals surface area contributed by atoms with Crippen molar-refractivity contribution in [2.24, 2.45) is 0 Å². The summed E-state index contributed by atoms with van der Waals surface area (Å²) in [4.78, 5) is 22.2. The van der Waals surface area contributed by atoms with E-state index in [4.69, 9.17) is 0 Å². The monoisotopic (exact) mass is 363 g/mol. The number of rotatable bonds is 6. The third-order valence-corrected chi connectivity index (χ3v) is 6.27. The van der Waals surface area contributed by atoms with Crippen molar-refractivity contribution in [3.05, 3.63) is 44.7 Å². The van der Waals surface area contributed by atoms with Crippen molar-refractivity contribution in [2.45, 2.75) is 26.2 Å². The lowest BCUT2D eigenvalue weighted by atomic mass is 10.2. The van der Waals surface area contributed by atoms with Crippen LogP contribution in [0.1, 0.15) is 41.0 Å². The zero-order valence-electron chi connectivity index (χ0n) is 12.9. The predicted octanol–water partition coefficient (Wildman–Crippen LogP) is 4.42. The second-order valence-electron chi connectivity index (χ2n) is 5.35. The van der Waals surface area contributed by atoms with Crippen molar-refractivity contribution in [1.29, 1.82) is 0 Å². The highest BCUT2D eigenvalue weighted by molar-refractivity contribution is 7.20. The number of thiazole rings is 2. The highest BCUT2D eigenvalue weighted by atomic mass is 32.1. The molecule has 0 unspecified atom stereocenters. The molecule has 120 valence electrons. The van der Waals surface area contributed by atoms with Crippen LogP contribution in [0.25, 0.3) is 9.88 Å². The standard InChI is InChI=1S/C16H17N3OS3/c1-10(2)15-18-11(8-22-15)5-6-17-14(20)12-9-23-16(19-12)13-4-3-7-21-13/h3-4,7-10H,5-6H2,1-2H3,(H,17,20). The van der Waals surface area contributed by atoms with Crippen LogP contribution in [0.15, 0.2) is 28.3 Å². The second kappa shape index (κ2) is 7.33. The Morgan fingerprint density at radius 2 is 2.09 bits per heavy atom. The molecule has 0 aromatic carbocycles. The fourth-order valence-electron chi connectivity index (χ4n) is 1.99. The first-order valence-electron chi connectivity index (χ1n) is 7.35. The summed E-state index contributed by atoms with van der Waals surface area (Å²) in [6, 6.07) is 4.00. The van der Waals surface area contributed by atoms with Crippen molar-refractivity contribution in [3.8, 4) is 9.88 Å². The zero-order chi connectivity index (χ0) is 16.2. The van der Waals surface area contributed by atoms with Gasteiger partial charge < -0.3 is 5.32 Å². The quantitative estimate of drug-likeness (QED) is 0.705. The number of thiophene rings is 1. The van der Waals surface area contributed by atoms with Crippen LogP contribution >= 0.6 is 34.0 Å². The molecule has 3 aromatic heterocycles. The molecule has 4 nitrogen and oxygen atoms in total. The lowest BCUT2D eigenvalue weighted by Crippen LogP contribution is -2.26. The maximum Gasteiger partial charge on any atom is 0.270 e. The molecule has 0 radical (unpaired) electrons. The number of nitrogens with one attached hydrogen (secondary N) is 1. The Hall–Kier alpha value is -1.57. The molecule has 0 aliphatic carbocycles. The number of hydrogen-bond acceptors (Lipinski definition) is 6. The Labute approximate surface area is 147 Å². The summed E-state index contributed by atoms with van der Waals surface area (Å²) in [7, 11) is 0. The molecule has 0 atom stereocenters. The highest BCUT2D eigenvalue weighted by Gasteiger charge is 2.12. The molecule has 0 bridgehead atoms. The van der Waals surface area contributed by atoms with Gasteiger partial charge >= 0.3 is 0 Å². The van der Waals surface area contributed by atoms with Gasteiger partial charge in [-0.05, 0) is 11.4 Å². The summed E-state index contributed by atoms with van der Waals surface area (Å²) in [5, 5.41) is 10.8. The molecule has 23 heavy (non-hydrogen) atoms. The van der Waals surface area contributed by atoms with Gasteiger partial charge in [0.15, 0.2) is 0 Å². The van der Waals surface area contributed by atoms with Crippen LogP contribution in [0.3, 0.4) is 0 Å². The Morgan fingerprint density at radius 1 is 1.22 bits per heavy atom. The van der Waals surface area contributed by atoms with Gasteiger partial charge in [0.05, 0.1) is 15.6 Å². The van der Waals surface area contributed by atoms with Crippen molar-refractivity contribution < 1.29 is 4.79 Å². The van der Waals surface area contributed by atoms with Crippen molar-refractivity contribution >= 4 is 39.9 Å². The first kappa shape index (κ1) is 16.3. The van der Waals surface area contributed by atoms with Gasteiger partial charge in [0.2, 0.25) is 0 Å². The van der Waals surface area contributed by atoms with Crippen LogP contribution < -0.4 is 5.32 Å². The third kappa shape index (κ3) is 4.04. The fraction of sp³-hybridized carbons (Fsp3) is 0.312. The largest absolute Gasteiger partial charge is 0.350 e. The minimum atomic E-state index is -0.122. The average Bonchev–Trinajstić information content (AvgIpc) is 3.27. The van der Waals surface area contributed by atoms with E-state index >= 15 is 0 Å². The van der Waals surface area contributed by atoms with Crippen LogP contribution in [-0.4, -0.2) is 22.4 Å². The van der Waals surface area contributed by atoms with Crippen LogP contribution in [0, 0.1) is 0 Å². The maximum atomic E-state index is 12.1.